The Labute approximate surface area is 113 Å². The van der Waals surface area contributed by atoms with Crippen molar-refractivity contribution in [2.75, 3.05) is 14.1 Å². The van der Waals surface area contributed by atoms with Crippen LogP contribution in [0.1, 0.15) is 10.4 Å². The molecule has 0 fully saturated rings. The van der Waals surface area contributed by atoms with Crippen molar-refractivity contribution in [3.63, 3.8) is 0 Å². The van der Waals surface area contributed by atoms with Crippen molar-refractivity contribution in [1.82, 2.24) is 4.90 Å². The van der Waals surface area contributed by atoms with Crippen molar-refractivity contribution in [2.24, 2.45) is 0 Å². The number of carbonyl (C=O) groups excluding carboxylic acids is 1. The minimum atomic E-state index is -0.000185. The van der Waals surface area contributed by atoms with Gasteiger partial charge in [-0.2, -0.15) is 0 Å². The van der Waals surface area contributed by atoms with Crippen molar-refractivity contribution in [3.8, 4) is 0 Å². The molecule has 0 bridgehead atoms. The van der Waals surface area contributed by atoms with Gasteiger partial charge in [0.2, 0.25) is 0 Å². The third-order valence-electron chi connectivity index (χ3n) is 3.06. The predicted molar refractivity (Wildman–Crippen MR) is 80.2 cm³/mol. The molecule has 0 amide bonds. The molecule has 0 spiro atoms. The van der Waals surface area contributed by atoms with Gasteiger partial charge in [0.1, 0.15) is 0 Å². The van der Waals surface area contributed by atoms with Crippen LogP contribution in [0.5, 0.6) is 0 Å². The smallest absolute Gasteiger partial charge is 0.186 e. The molecule has 2 heteroatoms. The van der Waals surface area contributed by atoms with Crippen LogP contribution < -0.4 is 0 Å². The van der Waals surface area contributed by atoms with E-state index in [9.17, 15) is 4.79 Å². The van der Waals surface area contributed by atoms with Crippen molar-refractivity contribution >= 4 is 16.6 Å². The number of fused-ring (bicyclic) bond motifs is 1. The molecule has 0 atom stereocenters. The average Bonchev–Trinajstić information content (AvgIpc) is 2.43. The number of likely N-dealkylation sites (N-methyl/N-ethyl adjacent to an activating group) is 1. The highest BCUT2D eigenvalue weighted by atomic mass is 16.1. The fourth-order valence-electron chi connectivity index (χ4n) is 1.85. The summed E-state index contributed by atoms with van der Waals surface area (Å²) in [6, 6.07) is 13.7. The van der Waals surface area contributed by atoms with Crippen LogP contribution in [-0.2, 0) is 0 Å². The summed E-state index contributed by atoms with van der Waals surface area (Å²) in [5, 5.41) is 2.06. The van der Waals surface area contributed by atoms with E-state index in [0.29, 0.717) is 0 Å². The summed E-state index contributed by atoms with van der Waals surface area (Å²) >= 11 is 0. The van der Waals surface area contributed by atoms with Gasteiger partial charge in [0.25, 0.3) is 0 Å². The zero-order chi connectivity index (χ0) is 13.8. The second kappa shape index (κ2) is 5.53. The van der Waals surface area contributed by atoms with E-state index in [1.165, 1.54) is 0 Å². The quantitative estimate of drug-likeness (QED) is 0.469. The summed E-state index contributed by atoms with van der Waals surface area (Å²) in [5.74, 6) is -0.000185. The van der Waals surface area contributed by atoms with Crippen molar-refractivity contribution in [1.29, 1.82) is 0 Å². The Bertz CT molecular complexity index is 648. The molecule has 0 aliphatic heterocycles. The van der Waals surface area contributed by atoms with Crippen LogP contribution in [0.3, 0.4) is 0 Å². The lowest BCUT2D eigenvalue weighted by molar-refractivity contribution is 0.104. The molecule has 2 aromatic rings. The second-order valence-corrected chi connectivity index (χ2v) is 4.61. The molecule has 96 valence electrons. The first-order chi connectivity index (χ1) is 9.09. The minimum Gasteiger partial charge on any atom is -0.378 e. The van der Waals surface area contributed by atoms with Crippen molar-refractivity contribution in [2.45, 2.75) is 0 Å². The van der Waals surface area contributed by atoms with Crippen LogP contribution >= 0.6 is 0 Å². The van der Waals surface area contributed by atoms with Gasteiger partial charge in [0.05, 0.1) is 0 Å². The van der Waals surface area contributed by atoms with Crippen LogP contribution in [0.4, 0.5) is 0 Å². The Morgan fingerprint density at radius 2 is 1.74 bits per heavy atom. The number of allylic oxidation sites excluding steroid dienone is 2. The van der Waals surface area contributed by atoms with Gasteiger partial charge in [-0.1, -0.05) is 49.0 Å². The molecule has 0 N–H and O–H groups in total. The monoisotopic (exact) mass is 251 g/mol. The molecule has 0 radical (unpaired) electrons. The number of carbonyl (C=O) groups is 1. The highest BCUT2D eigenvalue weighted by Crippen LogP contribution is 2.19. The molecule has 0 aliphatic rings. The first-order valence-electron chi connectivity index (χ1n) is 6.16. The highest BCUT2D eigenvalue weighted by Gasteiger charge is 2.06. The van der Waals surface area contributed by atoms with Crippen LogP contribution in [0.25, 0.3) is 10.8 Å². The molecular weight excluding hydrogens is 234 g/mol. The van der Waals surface area contributed by atoms with E-state index >= 15 is 0 Å². The van der Waals surface area contributed by atoms with Gasteiger partial charge in [-0.15, -0.1) is 0 Å². The third kappa shape index (κ3) is 2.91. The van der Waals surface area contributed by atoms with Crippen LogP contribution in [0.15, 0.2) is 66.9 Å². The van der Waals surface area contributed by atoms with Crippen molar-refractivity contribution in [3.05, 3.63) is 72.5 Å². The van der Waals surface area contributed by atoms with Crippen LogP contribution in [0.2, 0.25) is 0 Å². The van der Waals surface area contributed by atoms with E-state index in [-0.39, 0.29) is 5.78 Å². The third-order valence-corrected chi connectivity index (χ3v) is 3.06. The van der Waals surface area contributed by atoms with Gasteiger partial charge in [-0.25, -0.2) is 0 Å². The number of hydrogen-bond donors (Lipinski definition) is 0. The average molecular weight is 251 g/mol. The second-order valence-electron chi connectivity index (χ2n) is 4.61. The number of ketones is 1. The molecule has 0 aromatic heterocycles. The van der Waals surface area contributed by atoms with Gasteiger partial charge in [0.15, 0.2) is 5.78 Å². The molecule has 19 heavy (non-hydrogen) atoms. The van der Waals surface area contributed by atoms with E-state index in [1.54, 1.807) is 12.2 Å². The van der Waals surface area contributed by atoms with Crippen LogP contribution in [0, 0.1) is 0 Å². The maximum Gasteiger partial charge on any atom is 0.186 e. The Balaban J connectivity index is 2.35. The summed E-state index contributed by atoms with van der Waals surface area (Å²) < 4.78 is 0. The van der Waals surface area contributed by atoms with Gasteiger partial charge in [-0.05, 0) is 22.9 Å². The number of benzene rings is 2. The Morgan fingerprint density at radius 3 is 2.47 bits per heavy atom. The van der Waals surface area contributed by atoms with Crippen LogP contribution in [-0.4, -0.2) is 24.8 Å². The molecule has 2 aromatic carbocycles. The van der Waals surface area contributed by atoms with E-state index in [0.717, 1.165) is 22.0 Å². The lowest BCUT2D eigenvalue weighted by atomic mass is 10.0. The number of rotatable bonds is 4. The lowest BCUT2D eigenvalue weighted by Gasteiger charge is -2.11. The first-order valence-corrected chi connectivity index (χ1v) is 6.16. The molecule has 2 rings (SSSR count). The first kappa shape index (κ1) is 13.1. The fraction of sp³-hybridized carbons (Fsp3) is 0.118. The molecule has 0 unspecified atom stereocenters. The van der Waals surface area contributed by atoms with Gasteiger partial charge in [-0.3, -0.25) is 4.79 Å². The lowest BCUT2D eigenvalue weighted by Crippen LogP contribution is -2.08. The normalized spacial score (nSPS) is 10.8. The molecule has 0 saturated heterocycles. The maximum atomic E-state index is 12.2. The van der Waals surface area contributed by atoms with E-state index in [4.69, 9.17) is 0 Å². The molecule has 0 heterocycles. The summed E-state index contributed by atoms with van der Waals surface area (Å²) in [7, 11) is 3.80. The summed E-state index contributed by atoms with van der Waals surface area (Å²) in [6.45, 7) is 3.87. The van der Waals surface area contributed by atoms with E-state index in [1.807, 2.05) is 61.5 Å². The Morgan fingerprint density at radius 1 is 1.05 bits per heavy atom. The zero-order valence-electron chi connectivity index (χ0n) is 11.3. The number of hydrogen-bond acceptors (Lipinski definition) is 2. The Kier molecular flexibility index (Phi) is 3.81. The van der Waals surface area contributed by atoms with Crippen molar-refractivity contribution < 1.29 is 4.79 Å². The molecule has 0 aliphatic carbocycles. The largest absolute Gasteiger partial charge is 0.378 e. The fourth-order valence-corrected chi connectivity index (χ4v) is 1.85. The minimum absolute atomic E-state index is 0.000185. The topological polar surface area (TPSA) is 20.3 Å². The summed E-state index contributed by atoms with van der Waals surface area (Å²) in [4.78, 5) is 14.1. The van der Waals surface area contributed by atoms with E-state index < -0.39 is 0 Å². The zero-order valence-corrected chi connectivity index (χ0v) is 11.3. The molecule has 0 saturated carbocycles. The number of nitrogens with zero attached hydrogens (tertiary/aromatic N) is 1. The molecule has 2 nitrogen and oxygen atoms in total. The highest BCUT2D eigenvalue weighted by molar-refractivity contribution is 6.13. The standard InChI is InChI=1S/C17H17NO/c1-13(18(2)3)11-12-17(19)16-10-6-8-14-7-4-5-9-15(14)16/h4-12H,1H2,2-3H3. The summed E-state index contributed by atoms with van der Waals surface area (Å²) in [5.41, 5.74) is 1.52. The predicted octanol–water partition coefficient (Wildman–Crippen LogP) is 3.65. The van der Waals surface area contributed by atoms with E-state index in [2.05, 4.69) is 6.58 Å². The Hall–Kier alpha value is -2.35. The maximum absolute atomic E-state index is 12.2. The van der Waals surface area contributed by atoms with Gasteiger partial charge in [0, 0.05) is 25.4 Å². The summed E-state index contributed by atoms with van der Waals surface area (Å²) in [6.07, 6.45) is 3.31. The SMILES string of the molecule is C=C(C=CC(=O)c1cccc2ccccc12)N(C)C. The van der Waals surface area contributed by atoms with Gasteiger partial charge < -0.3 is 4.90 Å². The van der Waals surface area contributed by atoms with Gasteiger partial charge >= 0.3 is 0 Å². The molecular formula is C17H17NO.